The van der Waals surface area contributed by atoms with Crippen LogP contribution in [0.15, 0.2) is 18.2 Å². The molecular weight excluding hydrogens is 179 g/mol. The van der Waals surface area contributed by atoms with Gasteiger partial charge in [-0.1, -0.05) is 0 Å². The first kappa shape index (κ1) is 7.80. The molecule has 2 N–H and O–H groups in total. The van der Waals surface area contributed by atoms with Crippen LogP contribution in [-0.2, 0) is 0 Å². The van der Waals surface area contributed by atoms with Crippen LogP contribution in [0.5, 0.6) is 11.5 Å². The average Bonchev–Trinajstić information content (AvgIpc) is 2.49. The summed E-state index contributed by atoms with van der Waals surface area (Å²) >= 11 is 0. The van der Waals surface area contributed by atoms with Gasteiger partial charge in [0.05, 0.1) is 0 Å². The quantitative estimate of drug-likeness (QED) is 0.621. The van der Waals surface area contributed by atoms with Crippen LogP contribution < -0.4 is 14.8 Å². The first-order chi connectivity index (χ1) is 5.77. The topological polar surface area (TPSA) is 58.9 Å². The molecule has 0 spiro atoms. The lowest BCUT2D eigenvalue weighted by Gasteiger charge is -2.02. The fraction of sp³-hybridized carbons (Fsp3) is 0.143. The second-order valence-electron chi connectivity index (χ2n) is 2.33. The molecule has 0 aromatic heterocycles. The Morgan fingerprint density at radius 1 is 1.17 bits per heavy atom. The van der Waals surface area contributed by atoms with Gasteiger partial charge in [-0.2, -0.15) is 0 Å². The minimum Gasteiger partial charge on any atom is -0.454 e. The molecule has 0 fully saturated rings. The van der Waals surface area contributed by atoms with Crippen molar-refractivity contribution in [2.75, 3.05) is 6.79 Å². The van der Waals surface area contributed by atoms with E-state index in [2.05, 4.69) is 0 Å². The van der Waals surface area contributed by atoms with Gasteiger partial charge in [-0.05, 0) is 18.2 Å². The molecule has 4 nitrogen and oxygen atoms in total. The lowest BCUT2D eigenvalue weighted by molar-refractivity contribution is 0.174. The van der Waals surface area contributed by atoms with Gasteiger partial charge in [-0.15, -0.1) is 0 Å². The maximum Gasteiger partial charge on any atom is 0.231 e. The van der Waals surface area contributed by atoms with Gasteiger partial charge in [-0.25, -0.2) is 0 Å². The molecule has 0 bridgehead atoms. The zero-order valence-corrected chi connectivity index (χ0v) is 6.99. The van der Waals surface area contributed by atoms with Gasteiger partial charge < -0.3 is 19.3 Å². The second kappa shape index (κ2) is 2.90. The van der Waals surface area contributed by atoms with Crippen LogP contribution in [0.3, 0.4) is 0 Å². The van der Waals surface area contributed by atoms with Crippen molar-refractivity contribution < 1.29 is 19.3 Å². The maximum atomic E-state index is 8.88. The summed E-state index contributed by atoms with van der Waals surface area (Å²) in [5.41, 5.74) is 0. The van der Waals surface area contributed by atoms with Gasteiger partial charge in [-0.3, -0.25) is 0 Å². The van der Waals surface area contributed by atoms with Crippen molar-refractivity contribution in [2.24, 2.45) is 0 Å². The standard InChI is InChI=1S/C7H7O4P/c8-12(9)5-1-2-6-7(3-5)11-4-10-6/h1-3,8-9H,4H2. The number of benzene rings is 1. The molecule has 2 rings (SSSR count). The SMILES string of the molecule is OP(O)c1ccc2c(c1)OCO2. The minimum atomic E-state index is -2.04. The van der Waals surface area contributed by atoms with Crippen molar-refractivity contribution in [3.63, 3.8) is 0 Å². The Hall–Kier alpha value is -0.830. The van der Waals surface area contributed by atoms with Gasteiger partial charge in [0.15, 0.2) is 19.9 Å². The Balaban J connectivity index is 2.39. The molecule has 0 radical (unpaired) electrons. The Labute approximate surface area is 70.3 Å². The Morgan fingerprint density at radius 2 is 1.92 bits per heavy atom. The third kappa shape index (κ3) is 1.25. The van der Waals surface area contributed by atoms with E-state index in [1.807, 2.05) is 0 Å². The molecule has 1 aliphatic rings. The van der Waals surface area contributed by atoms with E-state index >= 15 is 0 Å². The zero-order valence-electron chi connectivity index (χ0n) is 6.10. The smallest absolute Gasteiger partial charge is 0.231 e. The Kier molecular flexibility index (Phi) is 1.89. The van der Waals surface area contributed by atoms with Gasteiger partial charge >= 0.3 is 0 Å². The van der Waals surface area contributed by atoms with E-state index in [0.717, 1.165) is 0 Å². The van der Waals surface area contributed by atoms with Crippen LogP contribution in [-0.4, -0.2) is 16.6 Å². The Morgan fingerprint density at radius 3 is 2.67 bits per heavy atom. The van der Waals surface area contributed by atoms with Gasteiger partial charge in [0.2, 0.25) is 6.79 Å². The van der Waals surface area contributed by atoms with Crippen LogP contribution in [0.4, 0.5) is 0 Å². The number of hydrogen-bond donors (Lipinski definition) is 2. The first-order valence-corrected chi connectivity index (χ1v) is 4.59. The highest BCUT2D eigenvalue weighted by molar-refractivity contribution is 7.54. The van der Waals surface area contributed by atoms with Gasteiger partial charge in [0.25, 0.3) is 0 Å². The molecule has 0 saturated heterocycles. The summed E-state index contributed by atoms with van der Waals surface area (Å²) in [4.78, 5) is 17.8. The summed E-state index contributed by atoms with van der Waals surface area (Å²) in [5.74, 6) is 1.22. The molecule has 1 aromatic carbocycles. The number of fused-ring (bicyclic) bond motifs is 1. The van der Waals surface area contributed by atoms with Crippen molar-refractivity contribution in [3.8, 4) is 11.5 Å². The summed E-state index contributed by atoms with van der Waals surface area (Å²) in [6, 6.07) is 4.85. The van der Waals surface area contributed by atoms with E-state index in [0.29, 0.717) is 16.8 Å². The molecule has 0 amide bonds. The third-order valence-electron chi connectivity index (χ3n) is 1.59. The lowest BCUT2D eigenvalue weighted by atomic mass is 10.3. The minimum absolute atomic E-state index is 0.202. The normalized spacial score (nSPS) is 13.9. The lowest BCUT2D eigenvalue weighted by Crippen LogP contribution is -1.98. The predicted molar refractivity (Wildman–Crippen MR) is 43.6 cm³/mol. The monoisotopic (exact) mass is 186 g/mol. The molecule has 0 aliphatic carbocycles. The molecular formula is C7H7O4P. The van der Waals surface area contributed by atoms with Gasteiger partial charge in [0.1, 0.15) is 0 Å². The summed E-state index contributed by atoms with van der Waals surface area (Å²) in [6.45, 7) is 0.202. The predicted octanol–water partition coefficient (Wildman–Crippen LogP) is 0.337. The molecule has 0 saturated carbocycles. The van der Waals surface area contributed by atoms with Crippen molar-refractivity contribution >= 4 is 13.7 Å². The largest absolute Gasteiger partial charge is 0.454 e. The van der Waals surface area contributed by atoms with Crippen molar-refractivity contribution in [3.05, 3.63) is 18.2 Å². The van der Waals surface area contributed by atoms with Gasteiger partial charge in [0, 0.05) is 5.30 Å². The molecule has 0 unspecified atom stereocenters. The first-order valence-electron chi connectivity index (χ1n) is 3.35. The molecule has 0 atom stereocenters. The van der Waals surface area contributed by atoms with E-state index in [1.54, 1.807) is 18.2 Å². The van der Waals surface area contributed by atoms with E-state index in [4.69, 9.17) is 19.3 Å². The van der Waals surface area contributed by atoms with Crippen LogP contribution in [0.1, 0.15) is 0 Å². The van der Waals surface area contributed by atoms with Crippen molar-refractivity contribution in [1.82, 2.24) is 0 Å². The zero-order chi connectivity index (χ0) is 8.55. The van der Waals surface area contributed by atoms with E-state index < -0.39 is 8.38 Å². The van der Waals surface area contributed by atoms with Crippen molar-refractivity contribution in [1.29, 1.82) is 0 Å². The Bertz CT molecular complexity index is 299. The summed E-state index contributed by atoms with van der Waals surface area (Å²) in [5, 5.41) is 0.467. The maximum absolute atomic E-state index is 8.88. The van der Waals surface area contributed by atoms with Crippen LogP contribution >= 0.6 is 8.38 Å². The van der Waals surface area contributed by atoms with E-state index in [9.17, 15) is 0 Å². The average molecular weight is 186 g/mol. The highest BCUT2D eigenvalue weighted by Gasteiger charge is 2.15. The molecule has 12 heavy (non-hydrogen) atoms. The summed E-state index contributed by atoms with van der Waals surface area (Å²) in [7, 11) is -2.04. The number of hydrogen-bond acceptors (Lipinski definition) is 4. The fourth-order valence-corrected chi connectivity index (χ4v) is 1.45. The third-order valence-corrected chi connectivity index (χ3v) is 2.33. The van der Waals surface area contributed by atoms with Crippen LogP contribution in [0.2, 0.25) is 0 Å². The highest BCUT2D eigenvalue weighted by atomic mass is 31.2. The van der Waals surface area contributed by atoms with Crippen LogP contribution in [0, 0.1) is 0 Å². The van der Waals surface area contributed by atoms with Crippen LogP contribution in [0.25, 0.3) is 0 Å². The van der Waals surface area contributed by atoms with Crippen molar-refractivity contribution in [2.45, 2.75) is 0 Å². The van der Waals surface area contributed by atoms with E-state index in [1.165, 1.54) is 0 Å². The second-order valence-corrected chi connectivity index (χ2v) is 3.42. The van der Waals surface area contributed by atoms with E-state index in [-0.39, 0.29) is 6.79 Å². The molecule has 1 aromatic rings. The molecule has 1 heterocycles. The summed E-state index contributed by atoms with van der Waals surface area (Å²) < 4.78 is 10.1. The molecule has 1 aliphatic heterocycles. The number of rotatable bonds is 1. The molecule has 64 valence electrons. The number of ether oxygens (including phenoxy) is 2. The highest BCUT2D eigenvalue weighted by Crippen LogP contribution is 2.34. The summed E-state index contributed by atoms with van der Waals surface area (Å²) in [6.07, 6.45) is 0. The molecule has 5 heteroatoms. The fourth-order valence-electron chi connectivity index (χ4n) is 1.01.